The lowest BCUT2D eigenvalue weighted by molar-refractivity contribution is 0.376. The van der Waals surface area contributed by atoms with E-state index in [0.717, 1.165) is 11.1 Å². The predicted molar refractivity (Wildman–Crippen MR) is 114 cm³/mol. The molecule has 0 saturated carbocycles. The second kappa shape index (κ2) is 7.42. The molecule has 0 saturated heterocycles. The maximum absolute atomic E-state index is 13.2. The van der Waals surface area contributed by atoms with Crippen LogP contribution < -0.4 is 5.56 Å². The topological polar surface area (TPSA) is 91.1 Å². The molecule has 0 radical (unpaired) electrons. The number of para-hydroxylation sites is 1. The summed E-state index contributed by atoms with van der Waals surface area (Å²) in [6, 6.07) is 17.4. The lowest BCUT2D eigenvalue weighted by Crippen LogP contribution is -2.24. The third kappa shape index (κ3) is 3.17. The SMILES string of the molecule is Cc1noc(C(C)Sc2nnc3n(Cc4ccccc4)c(=O)c4ccccc4n23)n1. The Labute approximate surface area is 175 Å². The van der Waals surface area contributed by atoms with E-state index in [-0.39, 0.29) is 10.8 Å². The fourth-order valence-corrected chi connectivity index (χ4v) is 4.29. The van der Waals surface area contributed by atoms with E-state index in [4.69, 9.17) is 4.52 Å². The highest BCUT2D eigenvalue weighted by atomic mass is 32.2. The van der Waals surface area contributed by atoms with E-state index in [2.05, 4.69) is 20.3 Å². The zero-order chi connectivity index (χ0) is 20.7. The lowest BCUT2D eigenvalue weighted by atomic mass is 10.2. The molecular formula is C21H18N6O2S. The molecule has 3 heterocycles. The Morgan fingerprint density at radius 2 is 1.83 bits per heavy atom. The van der Waals surface area contributed by atoms with Crippen LogP contribution in [-0.2, 0) is 6.54 Å². The van der Waals surface area contributed by atoms with Crippen LogP contribution in [0.3, 0.4) is 0 Å². The molecule has 0 aliphatic heterocycles. The number of nitrogens with zero attached hydrogens (tertiary/aromatic N) is 6. The van der Waals surface area contributed by atoms with Crippen LogP contribution in [0.5, 0.6) is 0 Å². The van der Waals surface area contributed by atoms with Gasteiger partial charge in [-0.25, -0.2) is 0 Å². The molecule has 1 unspecified atom stereocenters. The average Bonchev–Trinajstić information content (AvgIpc) is 3.38. The number of rotatable bonds is 5. The van der Waals surface area contributed by atoms with Gasteiger partial charge >= 0.3 is 0 Å². The summed E-state index contributed by atoms with van der Waals surface area (Å²) in [6.45, 7) is 4.17. The Morgan fingerprint density at radius 1 is 1.07 bits per heavy atom. The van der Waals surface area contributed by atoms with Gasteiger partial charge in [-0.1, -0.05) is 59.4 Å². The van der Waals surface area contributed by atoms with E-state index in [1.165, 1.54) is 11.8 Å². The highest BCUT2D eigenvalue weighted by molar-refractivity contribution is 7.99. The van der Waals surface area contributed by atoms with Gasteiger partial charge in [-0.15, -0.1) is 10.2 Å². The van der Waals surface area contributed by atoms with E-state index in [1.54, 1.807) is 11.5 Å². The molecule has 2 aromatic carbocycles. The van der Waals surface area contributed by atoms with Gasteiger partial charge in [-0.05, 0) is 31.5 Å². The van der Waals surface area contributed by atoms with E-state index in [9.17, 15) is 4.79 Å². The van der Waals surface area contributed by atoms with Crippen molar-refractivity contribution in [2.75, 3.05) is 0 Å². The zero-order valence-electron chi connectivity index (χ0n) is 16.4. The summed E-state index contributed by atoms with van der Waals surface area (Å²) in [6.07, 6.45) is 0. The third-order valence-electron chi connectivity index (χ3n) is 4.83. The van der Waals surface area contributed by atoms with Crippen molar-refractivity contribution in [2.45, 2.75) is 30.8 Å². The van der Waals surface area contributed by atoms with Crippen molar-refractivity contribution in [3.05, 3.63) is 82.2 Å². The standard InChI is InChI=1S/C21H18N6O2S/c1-13(18-22-14(2)25-29-18)30-21-24-23-20-26(12-15-8-4-3-5-9-15)19(28)16-10-6-7-11-17(16)27(20)21/h3-11,13H,12H2,1-2H3. The zero-order valence-corrected chi connectivity index (χ0v) is 17.2. The van der Waals surface area contributed by atoms with Gasteiger partial charge < -0.3 is 4.52 Å². The summed E-state index contributed by atoms with van der Waals surface area (Å²) in [7, 11) is 0. The number of hydrogen-bond donors (Lipinski definition) is 0. The van der Waals surface area contributed by atoms with E-state index >= 15 is 0 Å². The Kier molecular flexibility index (Phi) is 4.59. The van der Waals surface area contributed by atoms with E-state index in [1.807, 2.05) is 65.9 Å². The largest absolute Gasteiger partial charge is 0.338 e. The summed E-state index contributed by atoms with van der Waals surface area (Å²) in [5.74, 6) is 1.61. The van der Waals surface area contributed by atoms with Crippen molar-refractivity contribution >= 4 is 28.4 Å². The summed E-state index contributed by atoms with van der Waals surface area (Å²) < 4.78 is 8.89. The fourth-order valence-electron chi connectivity index (χ4n) is 3.41. The molecule has 0 aliphatic rings. The van der Waals surface area contributed by atoms with Crippen LogP contribution >= 0.6 is 11.8 Å². The molecule has 30 heavy (non-hydrogen) atoms. The number of aromatic nitrogens is 6. The van der Waals surface area contributed by atoms with Gasteiger partial charge in [0.2, 0.25) is 11.7 Å². The Balaban J connectivity index is 1.68. The molecule has 3 aromatic heterocycles. The molecule has 0 N–H and O–H groups in total. The molecule has 0 aliphatic carbocycles. The van der Waals surface area contributed by atoms with Crippen LogP contribution in [-0.4, -0.2) is 29.3 Å². The third-order valence-corrected chi connectivity index (χ3v) is 5.87. The van der Waals surface area contributed by atoms with Crippen molar-refractivity contribution < 1.29 is 4.52 Å². The number of thioether (sulfide) groups is 1. The molecule has 0 bridgehead atoms. The maximum atomic E-state index is 13.2. The van der Waals surface area contributed by atoms with Crippen LogP contribution in [0.2, 0.25) is 0 Å². The molecular weight excluding hydrogens is 400 g/mol. The smallest absolute Gasteiger partial charge is 0.263 e. The molecule has 1 atom stereocenters. The Morgan fingerprint density at radius 3 is 2.60 bits per heavy atom. The van der Waals surface area contributed by atoms with Gasteiger partial charge in [-0.3, -0.25) is 13.8 Å². The second-order valence-electron chi connectivity index (χ2n) is 6.95. The fraction of sp³-hybridized carbons (Fsp3) is 0.190. The van der Waals surface area contributed by atoms with E-state index < -0.39 is 0 Å². The summed E-state index contributed by atoms with van der Waals surface area (Å²) >= 11 is 1.46. The Hall–Kier alpha value is -3.46. The first-order chi connectivity index (χ1) is 14.6. The minimum absolute atomic E-state index is 0.0912. The van der Waals surface area contributed by atoms with Crippen LogP contribution in [0.25, 0.3) is 16.7 Å². The molecule has 0 fully saturated rings. The van der Waals surface area contributed by atoms with Crippen LogP contribution in [0.15, 0.2) is 69.1 Å². The summed E-state index contributed by atoms with van der Waals surface area (Å²) in [5, 5.41) is 13.8. The molecule has 0 spiro atoms. The van der Waals surface area contributed by atoms with Gasteiger partial charge in [0.25, 0.3) is 5.56 Å². The molecule has 150 valence electrons. The minimum Gasteiger partial charge on any atom is -0.338 e. The summed E-state index contributed by atoms with van der Waals surface area (Å²) in [4.78, 5) is 17.6. The first kappa shape index (κ1) is 18.6. The highest BCUT2D eigenvalue weighted by Crippen LogP contribution is 2.33. The van der Waals surface area contributed by atoms with Gasteiger partial charge in [0.05, 0.1) is 22.7 Å². The Bertz CT molecular complexity index is 1410. The lowest BCUT2D eigenvalue weighted by Gasteiger charge is -2.12. The van der Waals surface area contributed by atoms with Crippen molar-refractivity contribution in [1.29, 1.82) is 0 Å². The second-order valence-corrected chi connectivity index (χ2v) is 8.26. The van der Waals surface area contributed by atoms with Crippen molar-refractivity contribution in [3.63, 3.8) is 0 Å². The highest BCUT2D eigenvalue weighted by Gasteiger charge is 2.21. The number of fused-ring (bicyclic) bond motifs is 3. The number of benzene rings is 2. The maximum Gasteiger partial charge on any atom is 0.263 e. The van der Waals surface area contributed by atoms with Gasteiger partial charge in [0.1, 0.15) is 0 Å². The van der Waals surface area contributed by atoms with Gasteiger partial charge in [0.15, 0.2) is 11.0 Å². The quantitative estimate of drug-likeness (QED) is 0.402. The van der Waals surface area contributed by atoms with Crippen LogP contribution in [0.4, 0.5) is 0 Å². The molecule has 0 amide bonds. The van der Waals surface area contributed by atoms with Crippen molar-refractivity contribution in [3.8, 4) is 0 Å². The monoisotopic (exact) mass is 418 g/mol. The van der Waals surface area contributed by atoms with Gasteiger partial charge in [0, 0.05) is 0 Å². The van der Waals surface area contributed by atoms with Crippen molar-refractivity contribution in [2.24, 2.45) is 0 Å². The first-order valence-electron chi connectivity index (χ1n) is 9.49. The molecule has 8 nitrogen and oxygen atoms in total. The molecule has 9 heteroatoms. The van der Waals surface area contributed by atoms with E-state index in [0.29, 0.717) is 34.6 Å². The predicted octanol–water partition coefficient (Wildman–Crippen LogP) is 3.64. The van der Waals surface area contributed by atoms with Crippen molar-refractivity contribution in [1.82, 2.24) is 29.3 Å². The first-order valence-corrected chi connectivity index (χ1v) is 10.4. The molecule has 5 aromatic rings. The number of hydrogen-bond acceptors (Lipinski definition) is 7. The summed E-state index contributed by atoms with van der Waals surface area (Å²) in [5.41, 5.74) is 1.69. The van der Waals surface area contributed by atoms with Gasteiger partial charge in [-0.2, -0.15) is 4.98 Å². The number of aryl methyl sites for hydroxylation is 1. The molecule has 5 rings (SSSR count). The minimum atomic E-state index is -0.119. The van der Waals surface area contributed by atoms with Crippen LogP contribution in [0, 0.1) is 6.92 Å². The average molecular weight is 418 g/mol. The van der Waals surface area contributed by atoms with Crippen LogP contribution in [0.1, 0.15) is 29.5 Å². The normalized spacial score (nSPS) is 12.6.